The predicted molar refractivity (Wildman–Crippen MR) is 23.2 cm³/mol. The van der Waals surface area contributed by atoms with E-state index < -0.39 is 0 Å². The van der Waals surface area contributed by atoms with Crippen molar-refractivity contribution in [3.63, 3.8) is 0 Å². The second-order valence-electron chi connectivity index (χ2n) is 0.731. The second-order valence-corrected chi connectivity index (χ2v) is 1.47. The maximum absolute atomic E-state index is 2.90. The van der Waals surface area contributed by atoms with E-state index in [0.29, 0.717) is 0 Å². The van der Waals surface area contributed by atoms with Crippen LogP contribution in [0.15, 0.2) is 17.5 Å². The number of rotatable bonds is 0. The van der Waals surface area contributed by atoms with Crippen LogP contribution in [0.1, 0.15) is 0 Å². The van der Waals surface area contributed by atoms with Crippen LogP contribution in [0.5, 0.6) is 0 Å². The van der Waals surface area contributed by atoms with Gasteiger partial charge in [0.15, 0.2) is 0 Å². The minimum absolute atomic E-state index is 0. The summed E-state index contributed by atoms with van der Waals surface area (Å²) in [4.78, 5) is 0. The van der Waals surface area contributed by atoms with Gasteiger partial charge < -0.3 is 11.3 Å². The smallest absolute Gasteiger partial charge is 0.304 e. The second kappa shape index (κ2) is 3.88. The van der Waals surface area contributed by atoms with E-state index in [-0.39, 0.29) is 29.6 Å². The monoisotopic (exact) mass is 106 g/mol. The zero-order valence-electron chi connectivity index (χ0n) is 3.64. The Balaban J connectivity index is 0.000000250. The first-order valence-corrected chi connectivity index (χ1v) is 2.27. The van der Waals surface area contributed by atoms with E-state index in [4.69, 9.17) is 0 Å². The number of hydrogen-bond acceptors (Lipinski definition) is 1. The minimum Gasteiger partial charge on any atom is -0.304 e. The summed E-state index contributed by atoms with van der Waals surface area (Å²) in [6, 6.07) is 3.86. The van der Waals surface area contributed by atoms with Crippen molar-refractivity contribution < 1.29 is 29.6 Å². The topological polar surface area (TPSA) is 0 Å². The number of hydrogen-bond donors (Lipinski definition) is 0. The molecule has 0 radical (unpaired) electrons. The summed E-state index contributed by atoms with van der Waals surface area (Å²) in [5, 5.41) is 4.89. The Kier molecular flexibility index (Phi) is 4.33. The fourth-order valence-corrected chi connectivity index (χ4v) is 0.589. The van der Waals surface area contributed by atoms with E-state index in [9.17, 15) is 0 Å². The van der Waals surface area contributed by atoms with Gasteiger partial charge in [-0.2, -0.15) is 11.4 Å². The molecule has 1 rings (SSSR count). The molecule has 1 aromatic rings. The quantitative estimate of drug-likeness (QED) is 0.280. The van der Waals surface area contributed by atoms with Crippen LogP contribution in [0, 0.1) is 5.38 Å². The van der Waals surface area contributed by atoms with E-state index in [1.54, 1.807) is 11.3 Å². The van der Waals surface area contributed by atoms with Crippen molar-refractivity contribution in [3.8, 4) is 0 Å². The van der Waals surface area contributed by atoms with Crippen molar-refractivity contribution in [2.45, 2.75) is 0 Å². The largest absolute Gasteiger partial charge is 1.00 e. The molecule has 0 amide bonds. The third kappa shape index (κ3) is 1.98. The van der Waals surface area contributed by atoms with E-state index in [2.05, 4.69) is 5.38 Å². The van der Waals surface area contributed by atoms with Crippen molar-refractivity contribution in [3.05, 3.63) is 22.9 Å². The molecule has 0 aliphatic heterocycles. The van der Waals surface area contributed by atoms with Crippen LogP contribution in [-0.4, -0.2) is 0 Å². The van der Waals surface area contributed by atoms with Crippen LogP contribution in [0.25, 0.3) is 0 Å². The van der Waals surface area contributed by atoms with Gasteiger partial charge in [0.2, 0.25) is 0 Å². The Bertz CT molecular complexity index is 64.0. The van der Waals surface area contributed by atoms with E-state index in [0.717, 1.165) is 0 Å². The van der Waals surface area contributed by atoms with Crippen LogP contribution in [0.3, 0.4) is 0 Å². The van der Waals surface area contributed by atoms with Crippen molar-refractivity contribution in [1.82, 2.24) is 0 Å². The summed E-state index contributed by atoms with van der Waals surface area (Å²) < 4.78 is 0. The van der Waals surface area contributed by atoms with Gasteiger partial charge in [-0.3, -0.25) is 0 Å². The molecule has 26 valence electrons. The van der Waals surface area contributed by atoms with Crippen molar-refractivity contribution in [2.75, 3.05) is 0 Å². The van der Waals surface area contributed by atoms with E-state index >= 15 is 0 Å². The molecule has 0 aromatic carbocycles. The van der Waals surface area contributed by atoms with Gasteiger partial charge in [-0.05, 0) is 0 Å². The zero-order chi connectivity index (χ0) is 3.54. The predicted octanol–water partition coefficient (Wildman–Crippen LogP) is -1.45. The molecule has 0 N–H and O–H groups in total. The first-order valence-electron chi connectivity index (χ1n) is 1.40. The summed E-state index contributed by atoms with van der Waals surface area (Å²) in [6.45, 7) is 0. The van der Waals surface area contributed by atoms with Gasteiger partial charge in [0.05, 0.1) is 0 Å². The van der Waals surface area contributed by atoms with Crippen LogP contribution in [0.2, 0.25) is 0 Å². The van der Waals surface area contributed by atoms with Crippen LogP contribution in [-0.2, 0) is 0 Å². The first-order chi connectivity index (χ1) is 2.50. The van der Waals surface area contributed by atoms with Gasteiger partial charge in [-0.25, -0.2) is 6.07 Å². The molecule has 6 heavy (non-hydrogen) atoms. The van der Waals surface area contributed by atoms with Gasteiger partial charge in [0.25, 0.3) is 0 Å². The Morgan fingerprint density at radius 1 is 1.50 bits per heavy atom. The standard InChI is InChI=1S/C4H3S.Na/c1-2-4-5-3-1;/h1-3H;/q-1;+1. The van der Waals surface area contributed by atoms with Gasteiger partial charge in [0.1, 0.15) is 0 Å². The number of thiophene rings is 1. The Morgan fingerprint density at radius 2 is 2.33 bits per heavy atom. The average Bonchev–Trinajstić information content (AvgIpc) is 1.76. The van der Waals surface area contributed by atoms with Gasteiger partial charge >= 0.3 is 29.6 Å². The van der Waals surface area contributed by atoms with E-state index in [1.807, 2.05) is 17.5 Å². The van der Waals surface area contributed by atoms with Gasteiger partial charge in [0, 0.05) is 0 Å². The summed E-state index contributed by atoms with van der Waals surface area (Å²) in [6.07, 6.45) is 0. The molecular formula is C4H3NaS. The van der Waals surface area contributed by atoms with Crippen molar-refractivity contribution >= 4 is 11.3 Å². The SMILES string of the molecule is [Na+].[c-]1cccs1. The molecule has 0 saturated carbocycles. The normalized spacial score (nSPS) is 6.67. The van der Waals surface area contributed by atoms with Gasteiger partial charge in [-0.1, -0.05) is 0 Å². The summed E-state index contributed by atoms with van der Waals surface area (Å²) >= 11 is 1.59. The molecule has 0 atom stereocenters. The summed E-state index contributed by atoms with van der Waals surface area (Å²) in [5.41, 5.74) is 0. The van der Waals surface area contributed by atoms with Gasteiger partial charge in [-0.15, -0.1) is 5.38 Å². The summed E-state index contributed by atoms with van der Waals surface area (Å²) in [7, 11) is 0. The Hall–Kier alpha value is 0.700. The summed E-state index contributed by atoms with van der Waals surface area (Å²) in [5.74, 6) is 0. The van der Waals surface area contributed by atoms with Crippen molar-refractivity contribution in [2.24, 2.45) is 0 Å². The van der Waals surface area contributed by atoms with Crippen LogP contribution < -0.4 is 29.6 Å². The Labute approximate surface area is 63.5 Å². The minimum atomic E-state index is 0. The third-order valence-corrected chi connectivity index (χ3v) is 0.944. The molecule has 0 aliphatic rings. The fourth-order valence-electron chi connectivity index (χ4n) is 0.196. The van der Waals surface area contributed by atoms with E-state index in [1.165, 1.54) is 0 Å². The average molecular weight is 106 g/mol. The Morgan fingerprint density at radius 3 is 2.50 bits per heavy atom. The molecule has 0 saturated heterocycles. The molecule has 0 spiro atoms. The molecule has 0 unspecified atom stereocenters. The molecule has 1 aromatic heterocycles. The zero-order valence-corrected chi connectivity index (χ0v) is 6.46. The van der Waals surface area contributed by atoms with Crippen LogP contribution >= 0.6 is 11.3 Å². The first kappa shape index (κ1) is 6.70. The maximum Gasteiger partial charge on any atom is 1.00 e. The fraction of sp³-hybridized carbons (Fsp3) is 0. The molecule has 0 bridgehead atoms. The molecular weight excluding hydrogens is 103 g/mol. The molecule has 2 heteroatoms. The van der Waals surface area contributed by atoms with Crippen LogP contribution in [0.4, 0.5) is 0 Å². The maximum atomic E-state index is 2.90. The molecule has 0 fully saturated rings. The molecule has 0 aliphatic carbocycles. The molecule has 1 heterocycles. The third-order valence-electron chi connectivity index (χ3n) is 0.379. The molecule has 0 nitrogen and oxygen atoms in total. The van der Waals surface area contributed by atoms with Crippen molar-refractivity contribution in [1.29, 1.82) is 0 Å².